The van der Waals surface area contributed by atoms with E-state index >= 15 is 0 Å². The van der Waals surface area contributed by atoms with Gasteiger partial charge in [0.2, 0.25) is 0 Å². The Morgan fingerprint density at radius 3 is 2.33 bits per heavy atom. The molecule has 0 saturated heterocycles. The number of nitrogens with one attached hydrogen (secondary N) is 1. The summed E-state index contributed by atoms with van der Waals surface area (Å²) in [5.74, 6) is 1.13. The Bertz CT molecular complexity index is 256. The minimum Gasteiger partial charge on any atom is -0.366 e. The normalized spacial score (nSPS) is 23.1. The molecular weight excluding hydrogens is 184 g/mol. The van der Waals surface area contributed by atoms with Gasteiger partial charge in [-0.25, -0.2) is 0 Å². The molecule has 1 aliphatic rings. The maximum Gasteiger partial charge on any atom is 0.0970 e. The predicted octanol–water partition coefficient (Wildman–Crippen LogP) is 3.07. The third kappa shape index (κ3) is 2.31. The molecule has 0 amide bonds. The summed E-state index contributed by atoms with van der Waals surface area (Å²) in [6.07, 6.45) is 7.90. The standard InChI is InChI=1S/C13H22N2/c1-5-9-13(10-6-2)11(7-3)14-12(8-4)15-13/h5-6,11H,1-2,7-10H2,3-4H3,(H,14,15). The number of hydrogen-bond donors (Lipinski definition) is 1. The zero-order chi connectivity index (χ0) is 11.3. The summed E-state index contributed by atoms with van der Waals surface area (Å²) in [5, 5.41) is 3.56. The second-order valence-corrected chi connectivity index (χ2v) is 4.12. The Kier molecular flexibility index (Phi) is 4.13. The minimum absolute atomic E-state index is 0.0452. The molecule has 0 aliphatic carbocycles. The van der Waals surface area contributed by atoms with Crippen molar-refractivity contribution in [3.8, 4) is 0 Å². The highest BCUT2D eigenvalue weighted by Gasteiger charge is 2.40. The van der Waals surface area contributed by atoms with Gasteiger partial charge in [-0.05, 0) is 19.3 Å². The lowest BCUT2D eigenvalue weighted by Gasteiger charge is -2.33. The van der Waals surface area contributed by atoms with Gasteiger partial charge in [0, 0.05) is 6.42 Å². The van der Waals surface area contributed by atoms with E-state index in [2.05, 4.69) is 32.3 Å². The van der Waals surface area contributed by atoms with Crippen molar-refractivity contribution in [2.45, 2.75) is 51.1 Å². The molecule has 0 aromatic rings. The largest absolute Gasteiger partial charge is 0.366 e. The molecule has 1 N–H and O–H groups in total. The SMILES string of the molecule is C=CCC1(CC=C)NC(CC)=NC1CC. The maximum absolute atomic E-state index is 4.73. The summed E-state index contributed by atoms with van der Waals surface area (Å²) >= 11 is 0. The Morgan fingerprint density at radius 1 is 1.33 bits per heavy atom. The Labute approximate surface area is 93.2 Å². The van der Waals surface area contributed by atoms with Gasteiger partial charge in [0.25, 0.3) is 0 Å². The molecule has 84 valence electrons. The molecule has 1 unspecified atom stereocenters. The van der Waals surface area contributed by atoms with Crippen LogP contribution in [0.4, 0.5) is 0 Å². The van der Waals surface area contributed by atoms with Crippen LogP contribution in [0.1, 0.15) is 39.5 Å². The second-order valence-electron chi connectivity index (χ2n) is 4.12. The van der Waals surface area contributed by atoms with Gasteiger partial charge in [-0.2, -0.15) is 0 Å². The van der Waals surface area contributed by atoms with Gasteiger partial charge in [0.1, 0.15) is 0 Å². The molecule has 0 saturated carbocycles. The fourth-order valence-corrected chi connectivity index (χ4v) is 2.35. The molecule has 0 spiro atoms. The van der Waals surface area contributed by atoms with E-state index in [9.17, 15) is 0 Å². The first-order valence-electron chi connectivity index (χ1n) is 5.79. The van der Waals surface area contributed by atoms with Crippen molar-refractivity contribution in [2.75, 3.05) is 0 Å². The molecule has 1 aliphatic heterocycles. The second kappa shape index (κ2) is 5.15. The van der Waals surface area contributed by atoms with Crippen LogP contribution in [-0.4, -0.2) is 17.4 Å². The molecule has 2 nitrogen and oxygen atoms in total. The smallest absolute Gasteiger partial charge is 0.0970 e. The molecule has 1 heterocycles. The zero-order valence-corrected chi connectivity index (χ0v) is 9.92. The van der Waals surface area contributed by atoms with Gasteiger partial charge in [-0.3, -0.25) is 4.99 Å². The van der Waals surface area contributed by atoms with Crippen LogP contribution >= 0.6 is 0 Å². The van der Waals surface area contributed by atoms with Gasteiger partial charge in [-0.1, -0.05) is 26.0 Å². The summed E-state index contributed by atoms with van der Waals surface area (Å²) in [7, 11) is 0. The van der Waals surface area contributed by atoms with E-state index in [4.69, 9.17) is 4.99 Å². The topological polar surface area (TPSA) is 24.4 Å². The molecule has 0 radical (unpaired) electrons. The molecular formula is C13H22N2. The van der Waals surface area contributed by atoms with E-state index in [0.717, 1.165) is 31.5 Å². The van der Waals surface area contributed by atoms with Crippen LogP contribution in [0, 0.1) is 0 Å². The fraction of sp³-hybridized carbons (Fsp3) is 0.615. The molecule has 0 fully saturated rings. The molecule has 1 rings (SSSR count). The highest BCUT2D eigenvalue weighted by molar-refractivity contribution is 5.85. The number of aliphatic imine (C=N–C) groups is 1. The van der Waals surface area contributed by atoms with Crippen molar-refractivity contribution in [3.63, 3.8) is 0 Å². The van der Waals surface area contributed by atoms with E-state index in [0.29, 0.717) is 6.04 Å². The Hall–Kier alpha value is -1.05. The van der Waals surface area contributed by atoms with Crippen LogP contribution < -0.4 is 5.32 Å². The van der Waals surface area contributed by atoms with Crippen LogP contribution in [0.2, 0.25) is 0 Å². The number of nitrogens with zero attached hydrogens (tertiary/aromatic N) is 1. The van der Waals surface area contributed by atoms with E-state index in [1.54, 1.807) is 0 Å². The van der Waals surface area contributed by atoms with E-state index in [1.807, 2.05) is 12.2 Å². The average Bonchev–Trinajstić information content (AvgIpc) is 2.57. The van der Waals surface area contributed by atoms with Gasteiger partial charge >= 0.3 is 0 Å². The Balaban J connectivity index is 2.88. The average molecular weight is 206 g/mol. The third-order valence-electron chi connectivity index (χ3n) is 3.08. The van der Waals surface area contributed by atoms with Crippen molar-refractivity contribution in [3.05, 3.63) is 25.3 Å². The highest BCUT2D eigenvalue weighted by Crippen LogP contribution is 2.30. The van der Waals surface area contributed by atoms with Crippen molar-refractivity contribution in [1.82, 2.24) is 5.32 Å². The lowest BCUT2D eigenvalue weighted by atomic mass is 9.83. The third-order valence-corrected chi connectivity index (χ3v) is 3.08. The van der Waals surface area contributed by atoms with Crippen molar-refractivity contribution >= 4 is 5.84 Å². The zero-order valence-electron chi connectivity index (χ0n) is 9.92. The van der Waals surface area contributed by atoms with Crippen LogP contribution in [0.15, 0.2) is 30.3 Å². The molecule has 0 bridgehead atoms. The number of amidine groups is 1. The van der Waals surface area contributed by atoms with Crippen LogP contribution in [-0.2, 0) is 0 Å². The minimum atomic E-state index is 0.0452. The summed E-state index contributed by atoms with van der Waals surface area (Å²) in [5.41, 5.74) is 0.0452. The van der Waals surface area contributed by atoms with Gasteiger partial charge in [0.15, 0.2) is 0 Å². The first-order valence-corrected chi connectivity index (χ1v) is 5.79. The molecule has 15 heavy (non-hydrogen) atoms. The van der Waals surface area contributed by atoms with Crippen LogP contribution in [0.5, 0.6) is 0 Å². The lowest BCUT2D eigenvalue weighted by Crippen LogP contribution is -2.49. The maximum atomic E-state index is 4.73. The van der Waals surface area contributed by atoms with Gasteiger partial charge in [0.05, 0.1) is 17.4 Å². The number of rotatable bonds is 6. The lowest BCUT2D eigenvalue weighted by molar-refractivity contribution is 0.332. The van der Waals surface area contributed by atoms with Crippen LogP contribution in [0.25, 0.3) is 0 Å². The molecule has 0 aromatic heterocycles. The van der Waals surface area contributed by atoms with Crippen molar-refractivity contribution < 1.29 is 0 Å². The number of hydrogen-bond acceptors (Lipinski definition) is 2. The molecule has 2 heteroatoms. The monoisotopic (exact) mass is 206 g/mol. The Morgan fingerprint density at radius 2 is 1.93 bits per heavy atom. The van der Waals surface area contributed by atoms with E-state index in [-0.39, 0.29) is 5.54 Å². The summed E-state index contributed by atoms with van der Waals surface area (Å²) in [4.78, 5) is 4.73. The highest BCUT2D eigenvalue weighted by atomic mass is 15.2. The predicted molar refractivity (Wildman–Crippen MR) is 67.3 cm³/mol. The van der Waals surface area contributed by atoms with Crippen molar-refractivity contribution in [1.29, 1.82) is 0 Å². The van der Waals surface area contributed by atoms with E-state index in [1.165, 1.54) is 0 Å². The van der Waals surface area contributed by atoms with E-state index < -0.39 is 0 Å². The molecule has 0 aromatic carbocycles. The van der Waals surface area contributed by atoms with Gasteiger partial charge < -0.3 is 5.32 Å². The molecule has 1 atom stereocenters. The quantitative estimate of drug-likeness (QED) is 0.664. The fourth-order valence-electron chi connectivity index (χ4n) is 2.35. The summed E-state index contributed by atoms with van der Waals surface area (Å²) in [6.45, 7) is 12.0. The van der Waals surface area contributed by atoms with Gasteiger partial charge in [-0.15, -0.1) is 13.2 Å². The summed E-state index contributed by atoms with van der Waals surface area (Å²) < 4.78 is 0. The van der Waals surface area contributed by atoms with Crippen molar-refractivity contribution in [2.24, 2.45) is 4.99 Å². The first-order chi connectivity index (χ1) is 7.22. The first kappa shape index (κ1) is 12.0. The summed E-state index contributed by atoms with van der Waals surface area (Å²) in [6, 6.07) is 0.364. The van der Waals surface area contributed by atoms with Crippen LogP contribution in [0.3, 0.4) is 0 Å².